The standard InChI is InChI=1S/C18H14ClFN4O/c19-14-3-1-2-4-15(14)22-18(25)16-9-10-17(24-23-16)21-11-12-5-7-13(20)8-6-12/h1-10H,11H2,(H,21,24)(H,22,25). The van der Waals surface area contributed by atoms with Crippen LogP contribution in [0.3, 0.4) is 0 Å². The molecule has 3 rings (SSSR count). The summed E-state index contributed by atoms with van der Waals surface area (Å²) >= 11 is 6.01. The summed E-state index contributed by atoms with van der Waals surface area (Å²) in [7, 11) is 0. The maximum absolute atomic E-state index is 12.9. The topological polar surface area (TPSA) is 66.9 Å². The van der Waals surface area contributed by atoms with Crippen LogP contribution >= 0.6 is 11.6 Å². The Morgan fingerprint density at radius 2 is 1.76 bits per heavy atom. The summed E-state index contributed by atoms with van der Waals surface area (Å²) in [5.74, 6) is -0.165. The summed E-state index contributed by atoms with van der Waals surface area (Å²) in [6.45, 7) is 0.472. The monoisotopic (exact) mass is 356 g/mol. The van der Waals surface area contributed by atoms with Crippen LogP contribution in [0.1, 0.15) is 16.1 Å². The first-order valence-corrected chi connectivity index (χ1v) is 7.87. The second-order valence-corrected chi connectivity index (χ2v) is 5.63. The number of anilines is 2. The number of carbonyl (C=O) groups is 1. The average molecular weight is 357 g/mol. The highest BCUT2D eigenvalue weighted by molar-refractivity contribution is 6.33. The van der Waals surface area contributed by atoms with Gasteiger partial charge in [-0.25, -0.2) is 4.39 Å². The molecule has 25 heavy (non-hydrogen) atoms. The zero-order valence-corrected chi connectivity index (χ0v) is 13.8. The molecule has 2 aromatic carbocycles. The van der Waals surface area contributed by atoms with Crippen LogP contribution in [-0.2, 0) is 6.54 Å². The third kappa shape index (κ3) is 4.51. The van der Waals surface area contributed by atoms with Crippen molar-refractivity contribution in [3.63, 3.8) is 0 Å². The molecule has 3 aromatic rings. The van der Waals surface area contributed by atoms with Crippen molar-refractivity contribution in [3.05, 3.63) is 82.8 Å². The molecule has 0 spiro atoms. The van der Waals surface area contributed by atoms with E-state index in [1.54, 1.807) is 48.5 Å². The zero-order valence-electron chi connectivity index (χ0n) is 13.0. The van der Waals surface area contributed by atoms with Crippen LogP contribution in [0.5, 0.6) is 0 Å². The van der Waals surface area contributed by atoms with E-state index in [1.807, 2.05) is 0 Å². The minimum atomic E-state index is -0.398. The van der Waals surface area contributed by atoms with E-state index >= 15 is 0 Å². The van der Waals surface area contributed by atoms with Crippen molar-refractivity contribution in [3.8, 4) is 0 Å². The normalized spacial score (nSPS) is 10.3. The molecule has 7 heteroatoms. The molecule has 0 aliphatic carbocycles. The highest BCUT2D eigenvalue weighted by Gasteiger charge is 2.10. The van der Waals surface area contributed by atoms with Gasteiger partial charge in [0.1, 0.15) is 11.6 Å². The molecule has 0 fully saturated rings. The van der Waals surface area contributed by atoms with E-state index in [4.69, 9.17) is 11.6 Å². The molecule has 5 nitrogen and oxygen atoms in total. The molecular formula is C18H14ClFN4O. The van der Waals surface area contributed by atoms with Crippen LogP contribution in [0.15, 0.2) is 60.7 Å². The van der Waals surface area contributed by atoms with E-state index in [2.05, 4.69) is 20.8 Å². The number of hydrogen-bond acceptors (Lipinski definition) is 4. The number of nitrogens with zero attached hydrogens (tertiary/aromatic N) is 2. The minimum Gasteiger partial charge on any atom is -0.365 e. The Balaban J connectivity index is 1.60. The van der Waals surface area contributed by atoms with Crippen molar-refractivity contribution >= 4 is 29.0 Å². The van der Waals surface area contributed by atoms with E-state index < -0.39 is 5.91 Å². The van der Waals surface area contributed by atoms with Gasteiger partial charge in [-0.1, -0.05) is 35.9 Å². The number of hydrogen-bond donors (Lipinski definition) is 2. The number of carbonyl (C=O) groups excluding carboxylic acids is 1. The maximum atomic E-state index is 12.9. The molecule has 0 radical (unpaired) electrons. The Kier molecular flexibility index (Phi) is 5.20. The van der Waals surface area contributed by atoms with Gasteiger partial charge in [0.15, 0.2) is 5.69 Å². The molecule has 0 saturated carbocycles. The molecular weight excluding hydrogens is 343 g/mol. The molecule has 0 unspecified atom stereocenters. The Labute approximate surface area is 148 Å². The van der Waals surface area contributed by atoms with E-state index in [0.717, 1.165) is 5.56 Å². The highest BCUT2D eigenvalue weighted by Crippen LogP contribution is 2.21. The van der Waals surface area contributed by atoms with Crippen LogP contribution < -0.4 is 10.6 Å². The summed E-state index contributed by atoms with van der Waals surface area (Å²) in [5, 5.41) is 14.1. The molecule has 2 N–H and O–H groups in total. The van der Waals surface area contributed by atoms with Gasteiger partial charge in [-0.05, 0) is 42.0 Å². The van der Waals surface area contributed by atoms with Crippen molar-refractivity contribution in [1.82, 2.24) is 10.2 Å². The first-order chi connectivity index (χ1) is 12.1. The van der Waals surface area contributed by atoms with Gasteiger partial charge < -0.3 is 10.6 Å². The lowest BCUT2D eigenvalue weighted by Crippen LogP contribution is -2.15. The van der Waals surface area contributed by atoms with Gasteiger partial charge in [-0.2, -0.15) is 0 Å². The summed E-state index contributed by atoms with van der Waals surface area (Å²) < 4.78 is 12.9. The third-order valence-electron chi connectivity index (χ3n) is 3.41. The van der Waals surface area contributed by atoms with Gasteiger partial charge in [-0.3, -0.25) is 4.79 Å². The number of aromatic nitrogens is 2. The van der Waals surface area contributed by atoms with E-state index in [0.29, 0.717) is 23.1 Å². The van der Waals surface area contributed by atoms with Crippen molar-refractivity contribution in [2.75, 3.05) is 10.6 Å². The Morgan fingerprint density at radius 3 is 2.44 bits per heavy atom. The predicted octanol–water partition coefficient (Wildman–Crippen LogP) is 4.13. The molecule has 126 valence electrons. The van der Waals surface area contributed by atoms with Gasteiger partial charge in [-0.15, -0.1) is 10.2 Å². The lowest BCUT2D eigenvalue weighted by molar-refractivity contribution is 0.102. The van der Waals surface area contributed by atoms with Gasteiger partial charge in [0.25, 0.3) is 5.91 Å². The molecule has 0 saturated heterocycles. The lowest BCUT2D eigenvalue weighted by atomic mass is 10.2. The zero-order chi connectivity index (χ0) is 17.6. The van der Waals surface area contributed by atoms with Gasteiger partial charge in [0.05, 0.1) is 10.7 Å². The van der Waals surface area contributed by atoms with Crippen LogP contribution in [0.2, 0.25) is 5.02 Å². The van der Waals surface area contributed by atoms with Crippen LogP contribution in [0.25, 0.3) is 0 Å². The Morgan fingerprint density at radius 1 is 1.00 bits per heavy atom. The van der Waals surface area contributed by atoms with E-state index in [-0.39, 0.29) is 11.5 Å². The van der Waals surface area contributed by atoms with Gasteiger partial charge >= 0.3 is 0 Å². The Hall–Kier alpha value is -2.99. The fourth-order valence-corrected chi connectivity index (χ4v) is 2.27. The fraction of sp³-hybridized carbons (Fsp3) is 0.0556. The van der Waals surface area contributed by atoms with Crippen LogP contribution in [-0.4, -0.2) is 16.1 Å². The van der Waals surface area contributed by atoms with Crippen molar-refractivity contribution in [2.45, 2.75) is 6.54 Å². The molecule has 0 aliphatic rings. The van der Waals surface area contributed by atoms with Gasteiger partial charge in [0, 0.05) is 6.54 Å². The van der Waals surface area contributed by atoms with Crippen molar-refractivity contribution in [2.24, 2.45) is 0 Å². The molecule has 0 atom stereocenters. The lowest BCUT2D eigenvalue weighted by Gasteiger charge is -2.07. The molecule has 0 aliphatic heterocycles. The number of nitrogens with one attached hydrogen (secondary N) is 2. The largest absolute Gasteiger partial charge is 0.365 e. The van der Waals surface area contributed by atoms with Crippen molar-refractivity contribution < 1.29 is 9.18 Å². The van der Waals surface area contributed by atoms with Gasteiger partial charge in [0.2, 0.25) is 0 Å². The van der Waals surface area contributed by atoms with E-state index in [1.165, 1.54) is 12.1 Å². The maximum Gasteiger partial charge on any atom is 0.276 e. The number of rotatable bonds is 5. The first-order valence-electron chi connectivity index (χ1n) is 7.50. The fourth-order valence-electron chi connectivity index (χ4n) is 2.09. The molecule has 1 aromatic heterocycles. The number of benzene rings is 2. The third-order valence-corrected chi connectivity index (χ3v) is 3.74. The number of para-hydroxylation sites is 1. The Bertz CT molecular complexity index is 869. The molecule has 1 heterocycles. The molecule has 0 bridgehead atoms. The summed E-state index contributed by atoms with van der Waals surface area (Å²) in [6.07, 6.45) is 0. The second-order valence-electron chi connectivity index (χ2n) is 5.22. The van der Waals surface area contributed by atoms with E-state index in [9.17, 15) is 9.18 Å². The number of halogens is 2. The minimum absolute atomic E-state index is 0.173. The average Bonchev–Trinajstić information content (AvgIpc) is 2.63. The van der Waals surface area contributed by atoms with Crippen LogP contribution in [0.4, 0.5) is 15.9 Å². The highest BCUT2D eigenvalue weighted by atomic mass is 35.5. The summed E-state index contributed by atoms with van der Waals surface area (Å²) in [6, 6.07) is 16.3. The number of amides is 1. The molecule has 1 amide bonds. The SMILES string of the molecule is O=C(Nc1ccccc1Cl)c1ccc(NCc2ccc(F)cc2)nn1. The van der Waals surface area contributed by atoms with Crippen molar-refractivity contribution in [1.29, 1.82) is 0 Å². The predicted molar refractivity (Wildman–Crippen MR) is 95.2 cm³/mol. The summed E-state index contributed by atoms with van der Waals surface area (Å²) in [4.78, 5) is 12.2. The quantitative estimate of drug-likeness (QED) is 0.721. The summed E-state index contributed by atoms with van der Waals surface area (Å²) in [5.41, 5.74) is 1.59. The van der Waals surface area contributed by atoms with Crippen LogP contribution in [0, 0.1) is 5.82 Å². The smallest absolute Gasteiger partial charge is 0.276 e. The first kappa shape index (κ1) is 16.9. The second kappa shape index (κ2) is 7.72.